The molecule has 1 rings (SSSR count). The molecule has 0 aliphatic rings. The summed E-state index contributed by atoms with van der Waals surface area (Å²) in [5.41, 5.74) is 6.41. The molecule has 0 radical (unpaired) electrons. The Labute approximate surface area is 163 Å². The van der Waals surface area contributed by atoms with Crippen molar-refractivity contribution >= 4 is 41.8 Å². The first kappa shape index (κ1) is 22.7. The number of thioether (sulfide) groups is 1. The van der Waals surface area contributed by atoms with Crippen LogP contribution < -0.4 is 16.4 Å². The van der Waals surface area contributed by atoms with Crippen LogP contribution in [0.3, 0.4) is 0 Å². The molecule has 1 aromatic rings. The van der Waals surface area contributed by atoms with E-state index >= 15 is 0 Å². The molecular formula is C19H27N3O4S. The number of ketones is 1. The van der Waals surface area contributed by atoms with Gasteiger partial charge in [-0.1, -0.05) is 26.0 Å². The van der Waals surface area contributed by atoms with Gasteiger partial charge in [-0.05, 0) is 36.8 Å². The Hall–Kier alpha value is -2.35. The highest BCUT2D eigenvalue weighted by molar-refractivity contribution is 7.98. The molecule has 0 aliphatic heterocycles. The fourth-order valence-electron chi connectivity index (χ4n) is 2.73. The predicted octanol–water partition coefficient (Wildman–Crippen LogP) is 1.66. The zero-order chi connectivity index (χ0) is 20.4. The number of nitrogens with one attached hydrogen (secondary N) is 2. The maximum absolute atomic E-state index is 13.1. The molecule has 148 valence electrons. The van der Waals surface area contributed by atoms with Crippen molar-refractivity contribution in [3.63, 3.8) is 0 Å². The highest BCUT2D eigenvalue weighted by atomic mass is 32.2. The summed E-state index contributed by atoms with van der Waals surface area (Å²) in [5, 5.41) is 5.22. The van der Waals surface area contributed by atoms with Crippen molar-refractivity contribution in [2.45, 2.75) is 38.8 Å². The van der Waals surface area contributed by atoms with Crippen molar-refractivity contribution < 1.29 is 19.2 Å². The van der Waals surface area contributed by atoms with Gasteiger partial charge in [0.25, 0.3) is 0 Å². The Bertz CT molecular complexity index is 679. The summed E-state index contributed by atoms with van der Waals surface area (Å²) in [4.78, 5) is 47.8. The number of amides is 2. The van der Waals surface area contributed by atoms with Crippen LogP contribution in [-0.2, 0) is 9.59 Å². The van der Waals surface area contributed by atoms with E-state index < -0.39 is 23.8 Å². The predicted molar refractivity (Wildman–Crippen MR) is 108 cm³/mol. The summed E-state index contributed by atoms with van der Waals surface area (Å²) in [7, 11) is 0. The van der Waals surface area contributed by atoms with Gasteiger partial charge in [0.05, 0.1) is 11.6 Å². The van der Waals surface area contributed by atoms with Crippen LogP contribution in [0.4, 0.5) is 5.69 Å². The fourth-order valence-corrected chi connectivity index (χ4v) is 3.20. The number of anilines is 1. The van der Waals surface area contributed by atoms with Crippen LogP contribution in [0.15, 0.2) is 18.2 Å². The molecule has 0 bridgehead atoms. The minimum Gasteiger partial charge on any atom is -0.398 e. The summed E-state index contributed by atoms with van der Waals surface area (Å²) in [6.07, 6.45) is 3.78. The quantitative estimate of drug-likeness (QED) is 0.282. The SMILES string of the molecule is CSCC[C@H](NC=O)C(=O)N[C@@H](CC(C)C)C(=O)c1c(N)cccc1C=O. The molecule has 0 fully saturated rings. The number of Topliss-reactive ketones (excluding diaryl/α,β-unsaturated/α-hetero) is 1. The molecule has 0 saturated heterocycles. The van der Waals surface area contributed by atoms with E-state index in [1.165, 1.54) is 6.07 Å². The van der Waals surface area contributed by atoms with Crippen molar-refractivity contribution in [3.8, 4) is 0 Å². The zero-order valence-corrected chi connectivity index (χ0v) is 16.7. The first-order valence-electron chi connectivity index (χ1n) is 8.72. The van der Waals surface area contributed by atoms with Crippen LogP contribution in [-0.4, -0.2) is 48.5 Å². The van der Waals surface area contributed by atoms with E-state index in [0.717, 1.165) is 0 Å². The van der Waals surface area contributed by atoms with Crippen LogP contribution in [0, 0.1) is 5.92 Å². The number of nitrogen functional groups attached to an aromatic ring is 1. The molecule has 8 heteroatoms. The van der Waals surface area contributed by atoms with Crippen molar-refractivity contribution in [1.82, 2.24) is 10.6 Å². The molecule has 2 atom stereocenters. The van der Waals surface area contributed by atoms with Gasteiger partial charge in [-0.2, -0.15) is 11.8 Å². The third-order valence-corrected chi connectivity index (χ3v) is 4.68. The standard InChI is InChI=1S/C19H27N3O4S/c1-12(2)9-16(22-19(26)15(21-11-24)7-8-27-3)18(25)17-13(10-23)5-4-6-14(17)20/h4-6,10-12,15-16H,7-9,20H2,1-3H3,(H,21,24)(H,22,26)/t15-,16-/m0/s1. The molecular weight excluding hydrogens is 366 g/mol. The van der Waals surface area contributed by atoms with E-state index in [0.29, 0.717) is 31.3 Å². The van der Waals surface area contributed by atoms with Gasteiger partial charge in [0.15, 0.2) is 12.1 Å². The Morgan fingerprint density at radius 3 is 2.48 bits per heavy atom. The smallest absolute Gasteiger partial charge is 0.243 e. The lowest BCUT2D eigenvalue weighted by atomic mass is 9.92. The summed E-state index contributed by atoms with van der Waals surface area (Å²) < 4.78 is 0. The lowest BCUT2D eigenvalue weighted by Gasteiger charge is -2.24. The Morgan fingerprint density at radius 2 is 1.93 bits per heavy atom. The van der Waals surface area contributed by atoms with Gasteiger partial charge >= 0.3 is 0 Å². The number of aldehydes is 1. The molecule has 1 aromatic carbocycles. The first-order valence-corrected chi connectivity index (χ1v) is 10.1. The summed E-state index contributed by atoms with van der Waals surface area (Å²) >= 11 is 1.55. The number of carbonyl (C=O) groups excluding carboxylic acids is 4. The third kappa shape index (κ3) is 6.71. The third-order valence-electron chi connectivity index (χ3n) is 4.04. The van der Waals surface area contributed by atoms with E-state index in [9.17, 15) is 19.2 Å². The number of hydrogen-bond acceptors (Lipinski definition) is 6. The monoisotopic (exact) mass is 393 g/mol. The largest absolute Gasteiger partial charge is 0.398 e. The Balaban J connectivity index is 3.11. The van der Waals surface area contributed by atoms with Crippen molar-refractivity contribution in [3.05, 3.63) is 29.3 Å². The number of hydrogen-bond donors (Lipinski definition) is 3. The summed E-state index contributed by atoms with van der Waals surface area (Å²) in [6, 6.07) is 3.09. The number of carbonyl (C=O) groups is 4. The second-order valence-corrected chi connectivity index (χ2v) is 7.59. The molecule has 0 aliphatic carbocycles. The minimum atomic E-state index is -0.842. The molecule has 7 nitrogen and oxygen atoms in total. The van der Waals surface area contributed by atoms with Gasteiger partial charge < -0.3 is 16.4 Å². The van der Waals surface area contributed by atoms with Crippen molar-refractivity contribution in [1.29, 1.82) is 0 Å². The fraction of sp³-hybridized carbons (Fsp3) is 0.474. The van der Waals surface area contributed by atoms with E-state index in [1.54, 1.807) is 23.9 Å². The van der Waals surface area contributed by atoms with Crippen LogP contribution >= 0.6 is 11.8 Å². The molecule has 2 amide bonds. The van der Waals surface area contributed by atoms with Crippen LogP contribution in [0.2, 0.25) is 0 Å². The Kier molecular flexibility index (Phi) is 9.56. The number of nitrogens with two attached hydrogens (primary N) is 1. The van der Waals surface area contributed by atoms with Gasteiger partial charge in [0.1, 0.15) is 6.04 Å². The maximum Gasteiger partial charge on any atom is 0.243 e. The Morgan fingerprint density at radius 1 is 1.22 bits per heavy atom. The van der Waals surface area contributed by atoms with E-state index in [4.69, 9.17) is 5.73 Å². The van der Waals surface area contributed by atoms with E-state index in [1.807, 2.05) is 20.1 Å². The van der Waals surface area contributed by atoms with E-state index in [2.05, 4.69) is 10.6 Å². The van der Waals surface area contributed by atoms with E-state index in [-0.39, 0.29) is 22.7 Å². The average molecular weight is 394 g/mol. The second kappa shape index (κ2) is 11.4. The topological polar surface area (TPSA) is 118 Å². The average Bonchev–Trinajstić information content (AvgIpc) is 2.63. The molecule has 0 unspecified atom stereocenters. The van der Waals surface area contributed by atoms with Gasteiger partial charge in [-0.25, -0.2) is 0 Å². The van der Waals surface area contributed by atoms with Gasteiger partial charge in [0.2, 0.25) is 12.3 Å². The summed E-state index contributed by atoms with van der Waals surface area (Å²) in [6.45, 7) is 3.85. The minimum absolute atomic E-state index is 0.113. The van der Waals surface area contributed by atoms with Gasteiger partial charge in [-0.3, -0.25) is 19.2 Å². The maximum atomic E-state index is 13.1. The molecule has 4 N–H and O–H groups in total. The van der Waals surface area contributed by atoms with Crippen LogP contribution in [0.5, 0.6) is 0 Å². The molecule has 0 heterocycles. The number of rotatable bonds is 12. The van der Waals surface area contributed by atoms with Crippen LogP contribution in [0.25, 0.3) is 0 Å². The molecule has 0 saturated carbocycles. The van der Waals surface area contributed by atoms with Crippen molar-refractivity contribution in [2.24, 2.45) is 5.92 Å². The molecule has 0 spiro atoms. The lowest BCUT2D eigenvalue weighted by molar-refractivity contribution is -0.125. The zero-order valence-electron chi connectivity index (χ0n) is 15.9. The molecule has 0 aromatic heterocycles. The molecule has 27 heavy (non-hydrogen) atoms. The first-order chi connectivity index (χ1) is 12.8. The second-order valence-electron chi connectivity index (χ2n) is 6.60. The van der Waals surface area contributed by atoms with Gasteiger partial charge in [-0.15, -0.1) is 0 Å². The lowest BCUT2D eigenvalue weighted by Crippen LogP contribution is -2.50. The van der Waals surface area contributed by atoms with Crippen molar-refractivity contribution in [2.75, 3.05) is 17.7 Å². The van der Waals surface area contributed by atoms with Crippen LogP contribution in [0.1, 0.15) is 47.4 Å². The highest BCUT2D eigenvalue weighted by Gasteiger charge is 2.29. The normalized spacial score (nSPS) is 12.9. The summed E-state index contributed by atoms with van der Waals surface area (Å²) in [5.74, 6) is -0.0420. The number of benzene rings is 1. The highest BCUT2D eigenvalue weighted by Crippen LogP contribution is 2.20. The van der Waals surface area contributed by atoms with Gasteiger partial charge in [0, 0.05) is 11.3 Å².